The van der Waals surface area contributed by atoms with Crippen molar-refractivity contribution >= 4 is 19.4 Å². The number of hydrogen-bond acceptors (Lipinski definition) is 2. The van der Waals surface area contributed by atoms with Gasteiger partial charge in [-0.3, -0.25) is 4.57 Å². The van der Waals surface area contributed by atoms with Gasteiger partial charge in [-0.15, -0.1) is 0 Å². The van der Waals surface area contributed by atoms with Crippen LogP contribution in [0.1, 0.15) is 20.3 Å². The molecule has 0 aromatic carbocycles. The lowest BCUT2D eigenvalue weighted by Crippen LogP contribution is -2.22. The molecule has 6 heteroatoms. The van der Waals surface area contributed by atoms with Crippen molar-refractivity contribution in [3.63, 3.8) is 0 Å². The summed E-state index contributed by atoms with van der Waals surface area (Å²) < 4.78 is 10.6. The molecule has 0 fully saturated rings. The van der Waals surface area contributed by atoms with E-state index >= 15 is 0 Å². The largest absolute Gasteiger partial charge is 0.343 e. The minimum atomic E-state index is -4.07. The standard InChI is InChI=1S/C5H13ClNO3P/c1-4(2)3-5(7-6)11(8,9)10/h4-5,7H,3H2,1-2H3,(H2,8,9,10)/t5-/m1/s1. The Labute approximate surface area is 71.2 Å². The van der Waals surface area contributed by atoms with Crippen LogP contribution in [0, 0.1) is 5.92 Å². The van der Waals surface area contributed by atoms with Gasteiger partial charge in [0.1, 0.15) is 5.78 Å². The Morgan fingerprint density at radius 2 is 2.00 bits per heavy atom. The molecule has 0 amide bonds. The molecule has 0 rings (SSSR count). The molecule has 11 heavy (non-hydrogen) atoms. The van der Waals surface area contributed by atoms with E-state index in [2.05, 4.69) is 4.84 Å². The Kier molecular flexibility index (Phi) is 4.59. The molecule has 0 spiro atoms. The van der Waals surface area contributed by atoms with Crippen molar-refractivity contribution in [2.24, 2.45) is 5.92 Å². The minimum Gasteiger partial charge on any atom is -0.323 e. The topological polar surface area (TPSA) is 69.6 Å². The Morgan fingerprint density at radius 1 is 1.55 bits per heavy atom. The van der Waals surface area contributed by atoms with E-state index in [1.165, 1.54) is 0 Å². The van der Waals surface area contributed by atoms with Gasteiger partial charge in [0.2, 0.25) is 0 Å². The summed E-state index contributed by atoms with van der Waals surface area (Å²) in [5.41, 5.74) is 0. The van der Waals surface area contributed by atoms with Gasteiger partial charge >= 0.3 is 7.60 Å². The van der Waals surface area contributed by atoms with Crippen LogP contribution in [0.3, 0.4) is 0 Å². The molecule has 0 bridgehead atoms. The summed E-state index contributed by atoms with van der Waals surface area (Å²) in [5.74, 6) is -0.719. The van der Waals surface area contributed by atoms with E-state index in [9.17, 15) is 4.57 Å². The third kappa shape index (κ3) is 4.77. The monoisotopic (exact) mass is 201 g/mol. The first-order valence-corrected chi connectivity index (χ1v) is 5.35. The Hall–Kier alpha value is 0.400. The summed E-state index contributed by atoms with van der Waals surface area (Å²) in [4.78, 5) is 19.5. The molecule has 0 aliphatic carbocycles. The maximum absolute atomic E-state index is 10.6. The van der Waals surface area contributed by atoms with Gasteiger partial charge in [0.05, 0.1) is 0 Å². The van der Waals surface area contributed by atoms with E-state index in [1.54, 1.807) is 0 Å². The number of rotatable bonds is 4. The van der Waals surface area contributed by atoms with Crippen LogP contribution in [0.15, 0.2) is 0 Å². The zero-order valence-corrected chi connectivity index (χ0v) is 8.14. The Morgan fingerprint density at radius 3 is 2.09 bits per heavy atom. The van der Waals surface area contributed by atoms with Crippen molar-refractivity contribution in [1.82, 2.24) is 4.84 Å². The third-order valence-corrected chi connectivity index (χ3v) is 2.79. The average molecular weight is 202 g/mol. The van der Waals surface area contributed by atoms with Gasteiger partial charge in [-0.25, -0.2) is 4.84 Å². The fourth-order valence-corrected chi connectivity index (χ4v) is 1.99. The van der Waals surface area contributed by atoms with Gasteiger partial charge in [-0.05, 0) is 24.1 Å². The summed E-state index contributed by atoms with van der Waals surface area (Å²) in [5, 5.41) is 0. The van der Waals surface area contributed by atoms with E-state index in [0.29, 0.717) is 6.42 Å². The van der Waals surface area contributed by atoms with Crippen molar-refractivity contribution in [1.29, 1.82) is 0 Å². The van der Waals surface area contributed by atoms with Crippen LogP contribution in [-0.2, 0) is 4.57 Å². The molecular formula is C5H13ClNO3P. The minimum absolute atomic E-state index is 0.207. The van der Waals surface area contributed by atoms with Crippen molar-refractivity contribution in [3.8, 4) is 0 Å². The first-order chi connectivity index (χ1) is 4.88. The molecule has 0 heterocycles. The third-order valence-electron chi connectivity index (χ3n) is 1.23. The van der Waals surface area contributed by atoms with E-state index in [-0.39, 0.29) is 5.92 Å². The van der Waals surface area contributed by atoms with E-state index < -0.39 is 13.4 Å². The Bertz CT molecular complexity index is 158. The maximum atomic E-state index is 10.6. The second kappa shape index (κ2) is 4.43. The highest BCUT2D eigenvalue weighted by molar-refractivity contribution is 7.52. The van der Waals surface area contributed by atoms with Crippen LogP contribution in [0.5, 0.6) is 0 Å². The summed E-state index contributed by atoms with van der Waals surface area (Å²) in [7, 11) is -4.07. The SMILES string of the molecule is CC(C)C[C@H](NCl)P(=O)(O)O. The summed E-state index contributed by atoms with van der Waals surface area (Å²) in [6, 6.07) is 0. The number of halogens is 1. The molecule has 1 atom stereocenters. The summed E-state index contributed by atoms with van der Waals surface area (Å²) in [6.07, 6.45) is 0.369. The average Bonchev–Trinajstić information content (AvgIpc) is 1.79. The highest BCUT2D eigenvalue weighted by Gasteiger charge is 2.28. The lowest BCUT2D eigenvalue weighted by Gasteiger charge is -2.17. The fraction of sp³-hybridized carbons (Fsp3) is 1.00. The van der Waals surface area contributed by atoms with Gasteiger partial charge in [-0.1, -0.05) is 13.8 Å². The van der Waals surface area contributed by atoms with Crippen molar-refractivity contribution in [2.45, 2.75) is 26.1 Å². The maximum Gasteiger partial charge on any atom is 0.343 e. The van der Waals surface area contributed by atoms with Gasteiger partial charge in [-0.2, -0.15) is 0 Å². The van der Waals surface area contributed by atoms with Crippen LogP contribution in [0.2, 0.25) is 0 Å². The summed E-state index contributed by atoms with van der Waals surface area (Å²) in [6.45, 7) is 3.74. The molecule has 0 aromatic heterocycles. The van der Waals surface area contributed by atoms with Crippen LogP contribution in [-0.4, -0.2) is 15.6 Å². The second-order valence-electron chi connectivity index (χ2n) is 2.84. The van der Waals surface area contributed by atoms with Gasteiger partial charge in [0, 0.05) is 0 Å². The number of nitrogens with one attached hydrogen (secondary N) is 1. The quantitative estimate of drug-likeness (QED) is 0.473. The lowest BCUT2D eigenvalue weighted by atomic mass is 10.1. The number of hydrogen-bond donors (Lipinski definition) is 3. The van der Waals surface area contributed by atoms with E-state index in [4.69, 9.17) is 21.6 Å². The molecule has 68 valence electrons. The smallest absolute Gasteiger partial charge is 0.323 e. The van der Waals surface area contributed by atoms with Crippen molar-refractivity contribution < 1.29 is 14.4 Å². The van der Waals surface area contributed by atoms with Crippen molar-refractivity contribution in [2.75, 3.05) is 0 Å². The van der Waals surface area contributed by atoms with Crippen LogP contribution < -0.4 is 4.84 Å². The molecule has 4 nitrogen and oxygen atoms in total. The molecule has 0 radical (unpaired) electrons. The van der Waals surface area contributed by atoms with E-state index in [0.717, 1.165) is 0 Å². The Balaban J connectivity index is 4.08. The molecule has 0 saturated heterocycles. The highest BCUT2D eigenvalue weighted by atomic mass is 35.5. The molecule has 0 aliphatic heterocycles. The molecule has 0 saturated carbocycles. The van der Waals surface area contributed by atoms with Crippen molar-refractivity contribution in [3.05, 3.63) is 0 Å². The first-order valence-electron chi connectivity index (χ1n) is 3.29. The van der Waals surface area contributed by atoms with Gasteiger partial charge in [0.25, 0.3) is 0 Å². The molecule has 0 aromatic rings. The zero-order valence-electron chi connectivity index (χ0n) is 6.49. The van der Waals surface area contributed by atoms with Crippen LogP contribution >= 0.6 is 19.4 Å². The fourth-order valence-electron chi connectivity index (χ4n) is 0.692. The molecule has 0 aliphatic rings. The molecular weight excluding hydrogens is 188 g/mol. The second-order valence-corrected chi connectivity index (χ2v) is 4.86. The normalized spacial score (nSPS) is 15.5. The first kappa shape index (κ1) is 11.4. The zero-order chi connectivity index (χ0) is 9.07. The van der Waals surface area contributed by atoms with Crippen LogP contribution in [0.4, 0.5) is 0 Å². The lowest BCUT2D eigenvalue weighted by molar-refractivity contribution is 0.343. The van der Waals surface area contributed by atoms with Gasteiger partial charge < -0.3 is 9.79 Å². The van der Waals surface area contributed by atoms with E-state index in [1.807, 2.05) is 13.8 Å². The highest BCUT2D eigenvalue weighted by Crippen LogP contribution is 2.42. The predicted molar refractivity (Wildman–Crippen MR) is 44.3 cm³/mol. The molecule has 3 N–H and O–H groups in total. The summed E-state index contributed by atoms with van der Waals surface area (Å²) >= 11 is 5.15. The van der Waals surface area contributed by atoms with Crippen LogP contribution in [0.25, 0.3) is 0 Å². The predicted octanol–water partition coefficient (Wildman–Crippen LogP) is 1.28. The van der Waals surface area contributed by atoms with Gasteiger partial charge in [0.15, 0.2) is 0 Å². The molecule has 0 unspecified atom stereocenters.